The van der Waals surface area contributed by atoms with Gasteiger partial charge in [-0.05, 0) is 51.0 Å². The number of allylic oxidation sites excluding steroid dienone is 1. The largest absolute Gasteiger partial charge is 0.497 e. The minimum atomic E-state index is 0.0838. The molecule has 1 amide bonds. The highest BCUT2D eigenvalue weighted by Gasteiger charge is 2.14. The lowest BCUT2D eigenvalue weighted by Gasteiger charge is -2.21. The number of nitrogens with one attached hydrogen (secondary N) is 1. The van der Waals surface area contributed by atoms with Crippen LogP contribution in [0.4, 0.5) is 5.69 Å². The van der Waals surface area contributed by atoms with Gasteiger partial charge in [-0.15, -0.1) is 0 Å². The summed E-state index contributed by atoms with van der Waals surface area (Å²) < 4.78 is 5.53. The molecular formula is C17H24N2O2. The van der Waals surface area contributed by atoms with Gasteiger partial charge in [0.2, 0.25) is 0 Å². The Hall–Kier alpha value is -1.97. The van der Waals surface area contributed by atoms with E-state index in [0.29, 0.717) is 0 Å². The smallest absolute Gasteiger partial charge is 0.253 e. The van der Waals surface area contributed by atoms with Crippen LogP contribution in [-0.4, -0.2) is 36.5 Å². The van der Waals surface area contributed by atoms with E-state index >= 15 is 0 Å². The van der Waals surface area contributed by atoms with Crippen LogP contribution in [0.5, 0.6) is 0 Å². The van der Waals surface area contributed by atoms with Crippen LogP contribution in [0.15, 0.2) is 36.6 Å². The molecule has 1 aliphatic rings. The van der Waals surface area contributed by atoms with Crippen molar-refractivity contribution in [3.05, 3.63) is 42.2 Å². The third-order valence-electron chi connectivity index (χ3n) is 3.72. The Labute approximate surface area is 126 Å². The number of nitrogens with zero attached hydrogens (tertiary/aromatic N) is 1. The van der Waals surface area contributed by atoms with Gasteiger partial charge < -0.3 is 15.0 Å². The van der Waals surface area contributed by atoms with E-state index in [0.717, 1.165) is 43.7 Å². The number of amides is 1. The molecule has 0 saturated carbocycles. The molecule has 2 rings (SSSR count). The van der Waals surface area contributed by atoms with E-state index in [4.69, 9.17) is 4.74 Å². The monoisotopic (exact) mass is 288 g/mol. The Morgan fingerprint density at radius 3 is 2.86 bits per heavy atom. The summed E-state index contributed by atoms with van der Waals surface area (Å²) >= 11 is 0. The maximum Gasteiger partial charge on any atom is 0.253 e. The first kappa shape index (κ1) is 15.4. The molecule has 1 N–H and O–H groups in total. The second-order valence-electron chi connectivity index (χ2n) is 5.15. The van der Waals surface area contributed by atoms with Gasteiger partial charge in [0.1, 0.15) is 6.10 Å². The minimum absolute atomic E-state index is 0.0838. The van der Waals surface area contributed by atoms with Crippen molar-refractivity contribution in [2.45, 2.75) is 32.8 Å². The maximum atomic E-state index is 12.3. The van der Waals surface area contributed by atoms with Crippen LogP contribution in [0.3, 0.4) is 0 Å². The number of benzene rings is 1. The van der Waals surface area contributed by atoms with Crippen molar-refractivity contribution in [1.29, 1.82) is 0 Å². The molecule has 1 aromatic rings. The van der Waals surface area contributed by atoms with E-state index in [2.05, 4.69) is 5.32 Å². The van der Waals surface area contributed by atoms with Gasteiger partial charge in [-0.25, -0.2) is 0 Å². The van der Waals surface area contributed by atoms with Gasteiger partial charge >= 0.3 is 0 Å². The molecular weight excluding hydrogens is 264 g/mol. The van der Waals surface area contributed by atoms with Crippen molar-refractivity contribution in [3.63, 3.8) is 0 Å². The average molecular weight is 288 g/mol. The molecule has 0 aromatic heterocycles. The molecule has 4 nitrogen and oxygen atoms in total. The zero-order valence-electron chi connectivity index (χ0n) is 12.8. The summed E-state index contributed by atoms with van der Waals surface area (Å²) in [6.07, 6.45) is 6.11. The molecule has 1 unspecified atom stereocenters. The first-order valence-corrected chi connectivity index (χ1v) is 7.68. The van der Waals surface area contributed by atoms with Crippen LogP contribution in [-0.2, 0) is 4.74 Å². The molecule has 1 atom stereocenters. The number of ether oxygens (including phenoxy) is 1. The summed E-state index contributed by atoms with van der Waals surface area (Å²) in [4.78, 5) is 14.2. The molecule has 0 fully saturated rings. The molecule has 1 heterocycles. The molecule has 0 aliphatic carbocycles. The van der Waals surface area contributed by atoms with Crippen molar-refractivity contribution in [2.24, 2.45) is 0 Å². The first-order valence-electron chi connectivity index (χ1n) is 7.68. The first-order chi connectivity index (χ1) is 10.2. The Balaban J connectivity index is 1.97. The van der Waals surface area contributed by atoms with Crippen molar-refractivity contribution < 1.29 is 9.53 Å². The van der Waals surface area contributed by atoms with Crippen molar-refractivity contribution in [2.75, 3.05) is 25.0 Å². The van der Waals surface area contributed by atoms with E-state index in [-0.39, 0.29) is 12.0 Å². The molecule has 0 saturated heterocycles. The van der Waals surface area contributed by atoms with E-state index in [9.17, 15) is 4.79 Å². The van der Waals surface area contributed by atoms with Gasteiger partial charge in [-0.1, -0.05) is 6.07 Å². The quantitative estimate of drug-likeness (QED) is 0.873. The zero-order chi connectivity index (χ0) is 15.1. The van der Waals surface area contributed by atoms with Gasteiger partial charge in [0.15, 0.2) is 0 Å². The van der Waals surface area contributed by atoms with Crippen LogP contribution >= 0.6 is 0 Å². The van der Waals surface area contributed by atoms with Gasteiger partial charge in [-0.2, -0.15) is 0 Å². The number of anilines is 1. The molecule has 1 aliphatic heterocycles. The SMILES string of the molecule is CCN(CC)C(=O)c1cccc(NCC2CCC=CO2)c1. The summed E-state index contributed by atoms with van der Waals surface area (Å²) in [7, 11) is 0. The summed E-state index contributed by atoms with van der Waals surface area (Å²) in [6.45, 7) is 6.21. The molecule has 0 bridgehead atoms. The van der Waals surface area contributed by atoms with Gasteiger partial charge in [-0.3, -0.25) is 4.79 Å². The van der Waals surface area contributed by atoms with Crippen LogP contribution < -0.4 is 5.32 Å². The van der Waals surface area contributed by atoms with Crippen LogP contribution in [0.2, 0.25) is 0 Å². The lowest BCUT2D eigenvalue weighted by molar-refractivity contribution is 0.0773. The van der Waals surface area contributed by atoms with Gasteiger partial charge in [0, 0.05) is 24.3 Å². The summed E-state index contributed by atoms with van der Waals surface area (Å²) in [5, 5.41) is 3.35. The lowest BCUT2D eigenvalue weighted by Crippen LogP contribution is -2.30. The summed E-state index contributed by atoms with van der Waals surface area (Å²) in [5.41, 5.74) is 1.69. The highest BCUT2D eigenvalue weighted by molar-refractivity contribution is 5.95. The van der Waals surface area contributed by atoms with Crippen LogP contribution in [0.25, 0.3) is 0 Å². The van der Waals surface area contributed by atoms with Gasteiger partial charge in [0.25, 0.3) is 5.91 Å². The minimum Gasteiger partial charge on any atom is -0.497 e. The van der Waals surface area contributed by atoms with Crippen molar-refractivity contribution in [3.8, 4) is 0 Å². The molecule has 21 heavy (non-hydrogen) atoms. The lowest BCUT2D eigenvalue weighted by atomic mass is 10.1. The normalized spacial score (nSPS) is 17.1. The van der Waals surface area contributed by atoms with E-state index in [1.807, 2.05) is 49.1 Å². The predicted octanol–water partition coefficient (Wildman–Crippen LogP) is 3.27. The fourth-order valence-electron chi connectivity index (χ4n) is 2.42. The summed E-state index contributed by atoms with van der Waals surface area (Å²) in [5.74, 6) is 0.0838. The third kappa shape index (κ3) is 4.25. The Kier molecular flexibility index (Phi) is 5.67. The Bertz CT molecular complexity index is 495. The van der Waals surface area contributed by atoms with E-state index < -0.39 is 0 Å². The predicted molar refractivity (Wildman–Crippen MR) is 85.4 cm³/mol. The molecule has 0 spiro atoms. The Morgan fingerprint density at radius 1 is 1.38 bits per heavy atom. The molecule has 0 radical (unpaired) electrons. The number of carbonyl (C=O) groups excluding carboxylic acids is 1. The Morgan fingerprint density at radius 2 is 2.19 bits per heavy atom. The second-order valence-corrected chi connectivity index (χ2v) is 5.15. The topological polar surface area (TPSA) is 41.6 Å². The van der Waals surface area contributed by atoms with Crippen LogP contribution in [0.1, 0.15) is 37.0 Å². The number of hydrogen-bond donors (Lipinski definition) is 1. The second kappa shape index (κ2) is 7.72. The highest BCUT2D eigenvalue weighted by atomic mass is 16.5. The zero-order valence-corrected chi connectivity index (χ0v) is 12.8. The number of rotatable bonds is 6. The van der Waals surface area contributed by atoms with E-state index in [1.54, 1.807) is 6.26 Å². The average Bonchev–Trinajstić information content (AvgIpc) is 2.55. The number of hydrogen-bond acceptors (Lipinski definition) is 3. The van der Waals surface area contributed by atoms with Gasteiger partial charge in [0.05, 0.1) is 12.8 Å². The standard InChI is InChI=1S/C17H24N2O2/c1-3-19(4-2)17(20)14-8-7-9-15(12-14)18-13-16-10-5-6-11-21-16/h6-9,11-12,16,18H,3-5,10,13H2,1-2H3. The van der Waals surface area contributed by atoms with Crippen LogP contribution in [0, 0.1) is 0 Å². The fraction of sp³-hybridized carbons (Fsp3) is 0.471. The van der Waals surface area contributed by atoms with Crippen molar-refractivity contribution in [1.82, 2.24) is 4.90 Å². The maximum absolute atomic E-state index is 12.3. The number of carbonyl (C=O) groups is 1. The molecule has 1 aromatic carbocycles. The third-order valence-corrected chi connectivity index (χ3v) is 3.72. The van der Waals surface area contributed by atoms with E-state index in [1.165, 1.54) is 0 Å². The summed E-state index contributed by atoms with van der Waals surface area (Å²) in [6, 6.07) is 7.68. The molecule has 4 heteroatoms. The highest BCUT2D eigenvalue weighted by Crippen LogP contribution is 2.15. The van der Waals surface area contributed by atoms with Crippen molar-refractivity contribution >= 4 is 11.6 Å². The molecule has 114 valence electrons. The fourth-order valence-corrected chi connectivity index (χ4v) is 2.42.